The van der Waals surface area contributed by atoms with Crippen molar-refractivity contribution in [1.82, 2.24) is 15.2 Å². The van der Waals surface area contributed by atoms with E-state index in [2.05, 4.69) is 31.1 Å². The molecular weight excluding hydrogens is 242 g/mol. The second-order valence-electron chi connectivity index (χ2n) is 2.93. The van der Waals surface area contributed by atoms with Crippen LogP contribution in [0.1, 0.15) is 5.56 Å². The molecule has 70 valence electrons. The van der Waals surface area contributed by atoms with Gasteiger partial charge in [-0.15, -0.1) is 5.10 Å². The Morgan fingerprint density at radius 3 is 2.71 bits per heavy atom. The van der Waals surface area contributed by atoms with Gasteiger partial charge in [0.2, 0.25) is 0 Å². The summed E-state index contributed by atoms with van der Waals surface area (Å²) in [5.74, 6) is 0.656. The van der Waals surface area contributed by atoms with Crippen molar-refractivity contribution in [1.29, 1.82) is 0 Å². The molecule has 0 atom stereocenters. The van der Waals surface area contributed by atoms with E-state index >= 15 is 0 Å². The van der Waals surface area contributed by atoms with Crippen molar-refractivity contribution >= 4 is 15.9 Å². The Balaban J connectivity index is 2.48. The molecule has 1 heterocycles. The van der Waals surface area contributed by atoms with Crippen LogP contribution in [0.5, 0.6) is 0 Å². The highest BCUT2D eigenvalue weighted by molar-refractivity contribution is 9.10. The monoisotopic (exact) mass is 249 g/mol. The molecule has 0 N–H and O–H groups in total. The molecule has 4 heteroatoms. The van der Waals surface area contributed by atoms with Crippen LogP contribution in [0.4, 0.5) is 0 Å². The Kier molecular flexibility index (Phi) is 2.54. The van der Waals surface area contributed by atoms with Crippen LogP contribution in [-0.2, 0) is 0 Å². The van der Waals surface area contributed by atoms with Crippen molar-refractivity contribution in [2.24, 2.45) is 0 Å². The summed E-state index contributed by atoms with van der Waals surface area (Å²) >= 11 is 3.45. The fraction of sp³-hybridized carbons (Fsp3) is 0.100. The lowest BCUT2D eigenvalue weighted by Crippen LogP contribution is -1.90. The summed E-state index contributed by atoms with van der Waals surface area (Å²) in [5.41, 5.74) is 2.15. The van der Waals surface area contributed by atoms with Crippen LogP contribution in [0.25, 0.3) is 11.4 Å². The van der Waals surface area contributed by atoms with Crippen molar-refractivity contribution in [2.75, 3.05) is 0 Å². The Bertz CT molecular complexity index is 442. The fourth-order valence-corrected chi connectivity index (χ4v) is 1.41. The third-order valence-electron chi connectivity index (χ3n) is 1.90. The van der Waals surface area contributed by atoms with E-state index in [0.29, 0.717) is 5.82 Å². The summed E-state index contributed by atoms with van der Waals surface area (Å²) in [6, 6.07) is 5.98. The van der Waals surface area contributed by atoms with Gasteiger partial charge in [-0.2, -0.15) is 5.10 Å². The first kappa shape index (κ1) is 9.27. The van der Waals surface area contributed by atoms with E-state index in [0.717, 1.165) is 15.6 Å². The molecule has 3 nitrogen and oxygen atoms in total. The third-order valence-corrected chi connectivity index (χ3v) is 2.79. The standard InChI is InChI=1S/C10H8BrN3/c1-7-6-8(2-3-9(7)11)10-12-4-5-13-14-10/h2-6H,1H3. The lowest BCUT2D eigenvalue weighted by atomic mass is 10.1. The normalized spacial score (nSPS) is 10.1. The zero-order chi connectivity index (χ0) is 9.97. The predicted octanol–water partition coefficient (Wildman–Crippen LogP) is 2.61. The van der Waals surface area contributed by atoms with E-state index in [4.69, 9.17) is 0 Å². The van der Waals surface area contributed by atoms with Gasteiger partial charge in [-0.05, 0) is 30.7 Å². The number of halogens is 1. The van der Waals surface area contributed by atoms with E-state index < -0.39 is 0 Å². The van der Waals surface area contributed by atoms with Gasteiger partial charge in [0.1, 0.15) is 0 Å². The summed E-state index contributed by atoms with van der Waals surface area (Å²) in [5, 5.41) is 7.73. The van der Waals surface area contributed by atoms with Crippen molar-refractivity contribution in [2.45, 2.75) is 6.92 Å². The number of aryl methyl sites for hydroxylation is 1. The Morgan fingerprint density at radius 1 is 1.21 bits per heavy atom. The number of benzene rings is 1. The minimum Gasteiger partial charge on any atom is -0.233 e. The van der Waals surface area contributed by atoms with E-state index in [-0.39, 0.29) is 0 Å². The van der Waals surface area contributed by atoms with Gasteiger partial charge >= 0.3 is 0 Å². The first-order valence-corrected chi connectivity index (χ1v) is 4.97. The van der Waals surface area contributed by atoms with E-state index in [9.17, 15) is 0 Å². The second-order valence-corrected chi connectivity index (χ2v) is 3.78. The lowest BCUT2D eigenvalue weighted by molar-refractivity contribution is 0.979. The van der Waals surface area contributed by atoms with E-state index in [1.165, 1.54) is 0 Å². The Morgan fingerprint density at radius 2 is 2.07 bits per heavy atom. The molecule has 2 rings (SSSR count). The van der Waals surface area contributed by atoms with Crippen LogP contribution in [0.3, 0.4) is 0 Å². The largest absolute Gasteiger partial charge is 0.233 e. The maximum atomic E-state index is 4.13. The molecule has 0 amide bonds. The van der Waals surface area contributed by atoms with E-state index in [1.807, 2.05) is 25.1 Å². The number of rotatable bonds is 1. The maximum Gasteiger partial charge on any atom is 0.181 e. The Hall–Kier alpha value is -1.29. The molecule has 0 fully saturated rings. The van der Waals surface area contributed by atoms with Gasteiger partial charge < -0.3 is 0 Å². The van der Waals surface area contributed by atoms with Crippen LogP contribution in [0.15, 0.2) is 35.1 Å². The minimum atomic E-state index is 0.656. The third kappa shape index (κ3) is 1.80. The maximum absolute atomic E-state index is 4.13. The van der Waals surface area contributed by atoms with Gasteiger partial charge in [0, 0.05) is 16.2 Å². The van der Waals surface area contributed by atoms with Gasteiger partial charge in [0.05, 0.1) is 6.20 Å². The predicted molar refractivity (Wildman–Crippen MR) is 57.7 cm³/mol. The summed E-state index contributed by atoms with van der Waals surface area (Å²) < 4.78 is 1.09. The first-order valence-electron chi connectivity index (χ1n) is 4.17. The fourth-order valence-electron chi connectivity index (χ4n) is 1.16. The summed E-state index contributed by atoms with van der Waals surface area (Å²) in [6.07, 6.45) is 3.20. The highest BCUT2D eigenvalue weighted by Crippen LogP contribution is 2.21. The number of hydrogen-bond acceptors (Lipinski definition) is 3. The molecular formula is C10H8BrN3. The summed E-state index contributed by atoms with van der Waals surface area (Å²) in [7, 11) is 0. The average molecular weight is 250 g/mol. The molecule has 0 saturated heterocycles. The Labute approximate surface area is 90.3 Å². The van der Waals surface area contributed by atoms with Crippen molar-refractivity contribution in [3.05, 3.63) is 40.6 Å². The summed E-state index contributed by atoms with van der Waals surface area (Å²) in [6.45, 7) is 2.03. The molecule has 2 aromatic rings. The van der Waals surface area contributed by atoms with Crippen molar-refractivity contribution in [3.63, 3.8) is 0 Å². The molecule has 0 aliphatic heterocycles. The molecule has 0 aliphatic carbocycles. The van der Waals surface area contributed by atoms with Crippen LogP contribution >= 0.6 is 15.9 Å². The molecule has 14 heavy (non-hydrogen) atoms. The smallest absolute Gasteiger partial charge is 0.181 e. The SMILES string of the molecule is Cc1cc(-c2nccnn2)ccc1Br. The molecule has 0 aliphatic rings. The highest BCUT2D eigenvalue weighted by Gasteiger charge is 2.02. The highest BCUT2D eigenvalue weighted by atomic mass is 79.9. The number of hydrogen-bond donors (Lipinski definition) is 0. The second kappa shape index (κ2) is 3.84. The van der Waals surface area contributed by atoms with E-state index in [1.54, 1.807) is 12.4 Å². The number of aromatic nitrogens is 3. The zero-order valence-corrected chi connectivity index (χ0v) is 9.19. The van der Waals surface area contributed by atoms with Crippen molar-refractivity contribution < 1.29 is 0 Å². The quantitative estimate of drug-likeness (QED) is 0.780. The topological polar surface area (TPSA) is 38.7 Å². The average Bonchev–Trinajstić information content (AvgIpc) is 2.23. The molecule has 0 bridgehead atoms. The van der Waals surface area contributed by atoms with Crippen LogP contribution < -0.4 is 0 Å². The molecule has 1 aromatic heterocycles. The van der Waals surface area contributed by atoms with Gasteiger partial charge in [0.25, 0.3) is 0 Å². The molecule has 1 aromatic carbocycles. The van der Waals surface area contributed by atoms with Gasteiger partial charge in [-0.1, -0.05) is 15.9 Å². The first-order chi connectivity index (χ1) is 6.77. The molecule has 0 saturated carbocycles. The van der Waals surface area contributed by atoms with Crippen molar-refractivity contribution in [3.8, 4) is 11.4 Å². The van der Waals surface area contributed by atoms with Crippen LogP contribution in [-0.4, -0.2) is 15.2 Å². The van der Waals surface area contributed by atoms with Gasteiger partial charge in [-0.3, -0.25) is 0 Å². The van der Waals surface area contributed by atoms with Crippen LogP contribution in [0.2, 0.25) is 0 Å². The molecule has 0 spiro atoms. The van der Waals surface area contributed by atoms with Gasteiger partial charge in [-0.25, -0.2) is 4.98 Å². The summed E-state index contributed by atoms with van der Waals surface area (Å²) in [4.78, 5) is 4.13. The molecule has 0 radical (unpaired) electrons. The number of nitrogens with zero attached hydrogens (tertiary/aromatic N) is 3. The van der Waals surface area contributed by atoms with Gasteiger partial charge in [0.15, 0.2) is 5.82 Å². The molecule has 0 unspecified atom stereocenters. The van der Waals surface area contributed by atoms with Crippen LogP contribution in [0, 0.1) is 6.92 Å². The minimum absolute atomic E-state index is 0.656. The zero-order valence-electron chi connectivity index (χ0n) is 7.61. The lowest BCUT2D eigenvalue weighted by Gasteiger charge is -2.01.